The van der Waals surface area contributed by atoms with Gasteiger partial charge in [-0.25, -0.2) is 4.68 Å². The summed E-state index contributed by atoms with van der Waals surface area (Å²) >= 11 is 3.49. The summed E-state index contributed by atoms with van der Waals surface area (Å²) in [6.07, 6.45) is 2.10. The maximum absolute atomic E-state index is 12.5. The third kappa shape index (κ3) is 2.27. The molecule has 1 atom stereocenters. The Morgan fingerprint density at radius 2 is 2.25 bits per heavy atom. The lowest BCUT2D eigenvalue weighted by molar-refractivity contribution is 0.0920. The van der Waals surface area contributed by atoms with Crippen molar-refractivity contribution >= 4 is 26.8 Å². The van der Waals surface area contributed by atoms with Crippen LogP contribution in [0.4, 0.5) is 0 Å². The molecule has 0 radical (unpaired) electrons. The predicted molar refractivity (Wildman–Crippen MR) is 79.9 cm³/mol. The highest BCUT2D eigenvalue weighted by molar-refractivity contribution is 9.10. The van der Waals surface area contributed by atoms with Crippen LogP contribution < -0.4 is 5.56 Å². The van der Waals surface area contributed by atoms with Crippen molar-refractivity contribution in [2.75, 3.05) is 6.61 Å². The Labute approximate surface area is 125 Å². The first kappa shape index (κ1) is 13.7. The van der Waals surface area contributed by atoms with Gasteiger partial charge < -0.3 is 4.74 Å². The van der Waals surface area contributed by atoms with Crippen LogP contribution in [-0.4, -0.2) is 27.7 Å². The highest BCUT2D eigenvalue weighted by atomic mass is 79.9. The van der Waals surface area contributed by atoms with E-state index in [2.05, 4.69) is 26.2 Å². The van der Waals surface area contributed by atoms with Crippen molar-refractivity contribution in [3.63, 3.8) is 0 Å². The van der Waals surface area contributed by atoms with Gasteiger partial charge in [0.2, 0.25) is 0 Å². The summed E-state index contributed by atoms with van der Waals surface area (Å²) in [6, 6.07) is 1.83. The Balaban J connectivity index is 2.10. The van der Waals surface area contributed by atoms with Crippen molar-refractivity contribution in [2.24, 2.45) is 0 Å². The first-order valence-electron chi connectivity index (χ1n) is 6.72. The van der Waals surface area contributed by atoms with Crippen LogP contribution in [0.25, 0.3) is 10.9 Å². The van der Waals surface area contributed by atoms with Gasteiger partial charge in [-0.15, -0.1) is 5.10 Å². The quantitative estimate of drug-likeness (QED) is 0.844. The molecular formula is C14H16BrN3O2. The van der Waals surface area contributed by atoms with Crippen molar-refractivity contribution < 1.29 is 4.74 Å². The van der Waals surface area contributed by atoms with Crippen LogP contribution in [0.1, 0.15) is 24.0 Å². The van der Waals surface area contributed by atoms with Crippen LogP contribution in [0.2, 0.25) is 0 Å². The van der Waals surface area contributed by atoms with E-state index in [1.165, 1.54) is 4.68 Å². The number of halogens is 1. The average Bonchev–Trinajstić information content (AvgIpc) is 2.93. The van der Waals surface area contributed by atoms with Crippen molar-refractivity contribution in [3.8, 4) is 0 Å². The first-order chi connectivity index (χ1) is 9.58. The summed E-state index contributed by atoms with van der Waals surface area (Å²) in [6.45, 7) is 5.20. The maximum Gasteiger partial charge on any atom is 0.277 e. The highest BCUT2D eigenvalue weighted by Gasteiger charge is 2.19. The number of aryl methyl sites for hydroxylation is 1. The zero-order valence-electron chi connectivity index (χ0n) is 11.5. The van der Waals surface area contributed by atoms with Gasteiger partial charge >= 0.3 is 0 Å². The molecule has 1 aromatic carbocycles. The van der Waals surface area contributed by atoms with E-state index in [9.17, 15) is 4.79 Å². The number of nitrogens with zero attached hydrogens (tertiary/aromatic N) is 3. The molecule has 0 bridgehead atoms. The average molecular weight is 338 g/mol. The summed E-state index contributed by atoms with van der Waals surface area (Å²) in [5, 5.41) is 8.89. The van der Waals surface area contributed by atoms with Gasteiger partial charge in [-0.05, 0) is 43.9 Å². The smallest absolute Gasteiger partial charge is 0.277 e. The first-order valence-corrected chi connectivity index (χ1v) is 7.52. The molecule has 1 saturated heterocycles. The molecule has 1 aromatic heterocycles. The molecule has 6 heteroatoms. The lowest BCUT2D eigenvalue weighted by Gasteiger charge is -2.12. The fourth-order valence-electron chi connectivity index (χ4n) is 2.53. The molecule has 106 valence electrons. The van der Waals surface area contributed by atoms with Crippen LogP contribution in [0.5, 0.6) is 0 Å². The minimum atomic E-state index is -0.102. The third-order valence-electron chi connectivity index (χ3n) is 3.92. The molecule has 5 nitrogen and oxygen atoms in total. The van der Waals surface area contributed by atoms with E-state index in [0.29, 0.717) is 17.4 Å². The van der Waals surface area contributed by atoms with E-state index in [0.717, 1.165) is 35.0 Å². The molecule has 0 N–H and O–H groups in total. The SMILES string of the molecule is Cc1c(Br)cc2c(=O)n(CC3CCCO3)nnc2c1C. The Morgan fingerprint density at radius 3 is 2.95 bits per heavy atom. The molecule has 0 aliphatic carbocycles. The lowest BCUT2D eigenvalue weighted by Crippen LogP contribution is -2.29. The largest absolute Gasteiger partial charge is 0.376 e. The Hall–Kier alpha value is -1.27. The maximum atomic E-state index is 12.5. The number of benzene rings is 1. The van der Waals surface area contributed by atoms with Gasteiger partial charge in [0, 0.05) is 11.1 Å². The van der Waals surface area contributed by atoms with Crippen LogP contribution in [0.15, 0.2) is 15.3 Å². The van der Waals surface area contributed by atoms with Crippen molar-refractivity contribution in [1.82, 2.24) is 15.0 Å². The molecule has 1 fully saturated rings. The molecule has 1 aliphatic heterocycles. The van der Waals surface area contributed by atoms with Gasteiger partial charge in [0.1, 0.15) is 5.52 Å². The van der Waals surface area contributed by atoms with Gasteiger partial charge in [-0.2, -0.15) is 0 Å². The summed E-state index contributed by atoms with van der Waals surface area (Å²) in [5.74, 6) is 0. The van der Waals surface area contributed by atoms with E-state index in [4.69, 9.17) is 4.74 Å². The Morgan fingerprint density at radius 1 is 1.45 bits per heavy atom. The second kappa shape index (κ2) is 5.26. The molecule has 1 aliphatic rings. The molecule has 0 amide bonds. The molecule has 0 spiro atoms. The van der Waals surface area contributed by atoms with Crippen LogP contribution >= 0.6 is 15.9 Å². The topological polar surface area (TPSA) is 57.0 Å². The van der Waals surface area contributed by atoms with E-state index in [1.54, 1.807) is 0 Å². The monoisotopic (exact) mass is 337 g/mol. The van der Waals surface area contributed by atoms with Gasteiger partial charge in [0.25, 0.3) is 5.56 Å². The number of ether oxygens (including phenoxy) is 1. The molecule has 20 heavy (non-hydrogen) atoms. The third-order valence-corrected chi connectivity index (χ3v) is 4.74. The molecule has 3 rings (SSSR count). The molecule has 0 saturated carbocycles. The van der Waals surface area contributed by atoms with E-state index >= 15 is 0 Å². The number of hydrogen-bond acceptors (Lipinski definition) is 4. The van der Waals surface area contributed by atoms with Gasteiger partial charge in [-0.1, -0.05) is 21.1 Å². The fourth-order valence-corrected chi connectivity index (χ4v) is 3.06. The summed E-state index contributed by atoms with van der Waals surface area (Å²) in [4.78, 5) is 12.5. The standard InChI is InChI=1S/C14H16BrN3O2/c1-8-9(2)13-11(6-12(8)15)14(19)18(17-16-13)7-10-4-3-5-20-10/h6,10H,3-5,7H2,1-2H3. The molecule has 2 heterocycles. The van der Waals surface area contributed by atoms with Crippen molar-refractivity contribution in [3.05, 3.63) is 32.0 Å². The van der Waals surface area contributed by atoms with E-state index in [-0.39, 0.29) is 11.7 Å². The highest BCUT2D eigenvalue weighted by Crippen LogP contribution is 2.25. The van der Waals surface area contributed by atoms with Gasteiger partial charge in [-0.3, -0.25) is 4.79 Å². The summed E-state index contributed by atoms with van der Waals surface area (Å²) in [5.41, 5.74) is 2.65. The van der Waals surface area contributed by atoms with Gasteiger partial charge in [0.15, 0.2) is 0 Å². The molecular weight excluding hydrogens is 322 g/mol. The number of aromatic nitrogens is 3. The second-order valence-electron chi connectivity index (χ2n) is 5.22. The number of hydrogen-bond donors (Lipinski definition) is 0. The zero-order valence-corrected chi connectivity index (χ0v) is 13.1. The Kier molecular flexibility index (Phi) is 3.60. The van der Waals surface area contributed by atoms with Crippen molar-refractivity contribution in [1.29, 1.82) is 0 Å². The lowest BCUT2D eigenvalue weighted by atomic mass is 10.1. The second-order valence-corrected chi connectivity index (χ2v) is 6.07. The number of fused-ring (bicyclic) bond motifs is 1. The fraction of sp³-hybridized carbons (Fsp3) is 0.500. The number of rotatable bonds is 2. The van der Waals surface area contributed by atoms with Crippen molar-refractivity contribution in [2.45, 2.75) is 39.3 Å². The van der Waals surface area contributed by atoms with Gasteiger partial charge in [0.05, 0.1) is 18.0 Å². The summed E-state index contributed by atoms with van der Waals surface area (Å²) < 4.78 is 7.90. The summed E-state index contributed by atoms with van der Waals surface area (Å²) in [7, 11) is 0. The predicted octanol–water partition coefficient (Wildman–Crippen LogP) is 2.35. The van der Waals surface area contributed by atoms with Crippen LogP contribution in [0.3, 0.4) is 0 Å². The van der Waals surface area contributed by atoms with Crippen LogP contribution in [0, 0.1) is 13.8 Å². The zero-order chi connectivity index (χ0) is 14.3. The minimum absolute atomic E-state index is 0.0782. The van der Waals surface area contributed by atoms with E-state index in [1.807, 2.05) is 19.9 Å². The van der Waals surface area contributed by atoms with E-state index < -0.39 is 0 Å². The minimum Gasteiger partial charge on any atom is -0.376 e. The Bertz CT molecular complexity index is 720. The molecule has 1 unspecified atom stereocenters. The normalized spacial score (nSPS) is 18.9. The molecule has 2 aromatic rings. The van der Waals surface area contributed by atoms with Crippen LogP contribution in [-0.2, 0) is 11.3 Å².